The SMILES string of the molecule is COCc1c(-n2c(C)cc(/C=C(\C#N)c3nc4ccc(OC)cc4[nH]3)c2C)sc(C)c1C. The van der Waals surface area contributed by atoms with Crippen molar-refractivity contribution in [1.82, 2.24) is 14.5 Å². The van der Waals surface area contributed by atoms with Crippen molar-refractivity contribution in [3.63, 3.8) is 0 Å². The van der Waals surface area contributed by atoms with Crippen LogP contribution < -0.4 is 4.74 Å². The molecule has 0 bridgehead atoms. The normalized spacial score (nSPS) is 11.8. The summed E-state index contributed by atoms with van der Waals surface area (Å²) in [5, 5.41) is 11.1. The van der Waals surface area contributed by atoms with E-state index < -0.39 is 0 Å². The molecule has 0 radical (unpaired) electrons. The zero-order valence-electron chi connectivity index (χ0n) is 19.2. The second-order valence-corrected chi connectivity index (χ2v) is 9.00. The van der Waals surface area contributed by atoms with E-state index in [1.54, 1.807) is 25.6 Å². The first-order valence-corrected chi connectivity index (χ1v) is 11.1. The number of fused-ring (bicyclic) bond motifs is 1. The molecule has 3 aromatic heterocycles. The molecule has 1 aromatic carbocycles. The molecule has 0 saturated carbocycles. The lowest BCUT2D eigenvalue weighted by Crippen LogP contribution is -2.02. The molecule has 0 saturated heterocycles. The Labute approximate surface area is 191 Å². The smallest absolute Gasteiger partial charge is 0.149 e. The molecule has 3 heterocycles. The zero-order chi connectivity index (χ0) is 23.0. The highest BCUT2D eigenvalue weighted by Crippen LogP contribution is 2.35. The minimum atomic E-state index is 0.482. The van der Waals surface area contributed by atoms with Crippen molar-refractivity contribution in [1.29, 1.82) is 5.26 Å². The fraction of sp³-hybridized carbons (Fsp3) is 0.280. The number of aryl methyl sites for hydroxylation is 2. The molecule has 32 heavy (non-hydrogen) atoms. The number of hydrogen-bond donors (Lipinski definition) is 1. The summed E-state index contributed by atoms with van der Waals surface area (Å²) in [6.45, 7) is 9.02. The number of aromatic nitrogens is 3. The van der Waals surface area contributed by atoms with Gasteiger partial charge in [0.2, 0.25) is 0 Å². The van der Waals surface area contributed by atoms with Crippen LogP contribution in [0.5, 0.6) is 5.75 Å². The number of hydrogen-bond acceptors (Lipinski definition) is 5. The lowest BCUT2D eigenvalue weighted by atomic mass is 10.1. The van der Waals surface area contributed by atoms with E-state index in [1.165, 1.54) is 21.0 Å². The van der Waals surface area contributed by atoms with E-state index in [1.807, 2.05) is 24.3 Å². The minimum Gasteiger partial charge on any atom is -0.497 e. The van der Waals surface area contributed by atoms with Crippen LogP contribution in [0.25, 0.3) is 27.7 Å². The standard InChI is InChI=1S/C25H26N4O2S/c1-14-9-18(16(3)29(14)25-21(13-30-5)15(2)17(4)32-25)10-19(12-26)24-27-22-8-7-20(31-6)11-23(22)28-24/h7-11H,13H2,1-6H3,(H,27,28)/b19-10+. The first-order chi connectivity index (χ1) is 15.4. The predicted octanol–water partition coefficient (Wildman–Crippen LogP) is 5.87. The summed E-state index contributed by atoms with van der Waals surface area (Å²) in [6.07, 6.45) is 1.90. The second-order valence-electron chi connectivity index (χ2n) is 7.80. The van der Waals surface area contributed by atoms with E-state index in [-0.39, 0.29) is 0 Å². The topological polar surface area (TPSA) is 75.9 Å². The van der Waals surface area contributed by atoms with Gasteiger partial charge in [0.25, 0.3) is 0 Å². The molecule has 0 unspecified atom stereocenters. The van der Waals surface area contributed by atoms with Crippen LogP contribution in [0.4, 0.5) is 0 Å². The number of allylic oxidation sites excluding steroid dienone is 1. The van der Waals surface area contributed by atoms with Crippen molar-refractivity contribution in [3.8, 4) is 16.8 Å². The van der Waals surface area contributed by atoms with Crippen molar-refractivity contribution in [2.75, 3.05) is 14.2 Å². The highest BCUT2D eigenvalue weighted by molar-refractivity contribution is 7.14. The third-order valence-corrected chi connectivity index (χ3v) is 7.05. The van der Waals surface area contributed by atoms with E-state index in [4.69, 9.17) is 9.47 Å². The third-order valence-electron chi connectivity index (χ3n) is 5.82. The lowest BCUT2D eigenvalue weighted by Gasteiger charge is -2.11. The average Bonchev–Trinajstić information content (AvgIpc) is 3.41. The molecule has 4 rings (SSSR count). The van der Waals surface area contributed by atoms with Crippen LogP contribution in [0.15, 0.2) is 24.3 Å². The molecule has 0 aliphatic carbocycles. The van der Waals surface area contributed by atoms with Crippen LogP contribution in [0.3, 0.4) is 0 Å². The van der Waals surface area contributed by atoms with Gasteiger partial charge in [-0.25, -0.2) is 4.98 Å². The van der Waals surface area contributed by atoms with Crippen LogP contribution in [-0.2, 0) is 11.3 Å². The van der Waals surface area contributed by atoms with Gasteiger partial charge in [0.1, 0.15) is 22.6 Å². The number of H-pyrrole nitrogens is 1. The van der Waals surface area contributed by atoms with Crippen molar-refractivity contribution in [2.24, 2.45) is 0 Å². The van der Waals surface area contributed by atoms with E-state index in [0.29, 0.717) is 18.0 Å². The van der Waals surface area contributed by atoms with Gasteiger partial charge < -0.3 is 19.0 Å². The van der Waals surface area contributed by atoms with Gasteiger partial charge in [-0.2, -0.15) is 5.26 Å². The van der Waals surface area contributed by atoms with Crippen molar-refractivity contribution >= 4 is 34.0 Å². The monoisotopic (exact) mass is 446 g/mol. The van der Waals surface area contributed by atoms with E-state index >= 15 is 0 Å². The molecule has 0 atom stereocenters. The number of rotatable bonds is 6. The maximum Gasteiger partial charge on any atom is 0.149 e. The zero-order valence-corrected chi connectivity index (χ0v) is 20.0. The number of imidazole rings is 1. The van der Waals surface area contributed by atoms with E-state index in [2.05, 4.69) is 54.4 Å². The lowest BCUT2D eigenvalue weighted by molar-refractivity contribution is 0.184. The molecular weight excluding hydrogens is 420 g/mol. The first-order valence-electron chi connectivity index (χ1n) is 10.3. The van der Waals surface area contributed by atoms with Gasteiger partial charge in [-0.15, -0.1) is 11.3 Å². The number of benzene rings is 1. The van der Waals surface area contributed by atoms with Crippen LogP contribution >= 0.6 is 11.3 Å². The Morgan fingerprint density at radius 1 is 1.22 bits per heavy atom. The summed E-state index contributed by atoms with van der Waals surface area (Å²) in [5.41, 5.74) is 7.76. The van der Waals surface area contributed by atoms with Crippen molar-refractivity contribution < 1.29 is 9.47 Å². The number of methoxy groups -OCH3 is 2. The molecule has 7 heteroatoms. The molecule has 4 aromatic rings. The molecule has 0 amide bonds. The highest BCUT2D eigenvalue weighted by atomic mass is 32.1. The van der Waals surface area contributed by atoms with Gasteiger partial charge in [-0.05, 0) is 63.1 Å². The predicted molar refractivity (Wildman–Crippen MR) is 129 cm³/mol. The number of aromatic amines is 1. The Balaban J connectivity index is 1.80. The number of nitrogens with one attached hydrogen (secondary N) is 1. The number of thiophene rings is 1. The van der Waals surface area contributed by atoms with E-state index in [0.717, 1.165) is 33.7 Å². The van der Waals surface area contributed by atoms with Crippen LogP contribution in [-0.4, -0.2) is 28.8 Å². The minimum absolute atomic E-state index is 0.482. The number of nitriles is 1. The number of ether oxygens (including phenoxy) is 2. The highest BCUT2D eigenvalue weighted by Gasteiger charge is 2.19. The Morgan fingerprint density at radius 3 is 2.69 bits per heavy atom. The summed E-state index contributed by atoms with van der Waals surface area (Å²) in [7, 11) is 3.35. The summed E-state index contributed by atoms with van der Waals surface area (Å²) in [4.78, 5) is 9.13. The molecule has 164 valence electrons. The molecule has 0 fully saturated rings. The van der Waals surface area contributed by atoms with Gasteiger partial charge in [-0.3, -0.25) is 0 Å². The number of nitrogens with zero attached hydrogens (tertiary/aromatic N) is 3. The first kappa shape index (κ1) is 21.9. The summed E-state index contributed by atoms with van der Waals surface area (Å²) in [6, 6.07) is 10.0. The fourth-order valence-electron chi connectivity index (χ4n) is 3.95. The summed E-state index contributed by atoms with van der Waals surface area (Å²) >= 11 is 1.77. The quantitative estimate of drug-likeness (QED) is 0.376. The van der Waals surface area contributed by atoms with E-state index in [9.17, 15) is 5.26 Å². The Kier molecular flexibility index (Phi) is 5.92. The molecular formula is C25H26N4O2S. The molecule has 0 spiro atoms. The van der Waals surface area contributed by atoms with Crippen molar-refractivity contribution in [3.05, 3.63) is 63.0 Å². The average molecular weight is 447 g/mol. The molecule has 0 aliphatic heterocycles. The van der Waals surface area contributed by atoms with Crippen LogP contribution in [0, 0.1) is 39.0 Å². The molecule has 6 nitrogen and oxygen atoms in total. The van der Waals surface area contributed by atoms with Gasteiger partial charge in [0.05, 0.1) is 30.3 Å². The maximum absolute atomic E-state index is 9.88. The second kappa shape index (κ2) is 8.65. The Bertz CT molecular complexity index is 1380. The maximum atomic E-state index is 9.88. The van der Waals surface area contributed by atoms with Crippen LogP contribution in [0.1, 0.15) is 38.8 Å². The van der Waals surface area contributed by atoms with Gasteiger partial charge >= 0.3 is 0 Å². The Hall–Kier alpha value is -3.34. The van der Waals surface area contributed by atoms with Crippen molar-refractivity contribution in [2.45, 2.75) is 34.3 Å². The van der Waals surface area contributed by atoms with Gasteiger partial charge in [0, 0.05) is 35.0 Å². The molecule has 1 N–H and O–H groups in total. The Morgan fingerprint density at radius 2 is 2.00 bits per heavy atom. The summed E-state index contributed by atoms with van der Waals surface area (Å²) < 4.78 is 13.0. The third kappa shape index (κ3) is 3.72. The molecule has 0 aliphatic rings. The largest absolute Gasteiger partial charge is 0.497 e. The van der Waals surface area contributed by atoms with Gasteiger partial charge in [0.15, 0.2) is 0 Å². The summed E-state index contributed by atoms with van der Waals surface area (Å²) in [5.74, 6) is 1.29. The fourth-order valence-corrected chi connectivity index (χ4v) is 5.22. The van der Waals surface area contributed by atoms with Crippen LogP contribution in [0.2, 0.25) is 0 Å². The van der Waals surface area contributed by atoms with Gasteiger partial charge in [-0.1, -0.05) is 0 Å².